The maximum atomic E-state index is 12.2. The molecule has 0 aromatic heterocycles. The molecular formula is C20H23NO. The van der Waals surface area contributed by atoms with Gasteiger partial charge in [0.2, 0.25) is 0 Å². The van der Waals surface area contributed by atoms with Crippen molar-refractivity contribution in [2.24, 2.45) is 0 Å². The zero-order valence-electron chi connectivity index (χ0n) is 13.5. The smallest absolute Gasteiger partial charge is 0.185 e. The van der Waals surface area contributed by atoms with Crippen LogP contribution < -0.4 is 4.90 Å². The molecule has 0 aliphatic carbocycles. The summed E-state index contributed by atoms with van der Waals surface area (Å²) in [5.74, 6) is 0.0340. The van der Waals surface area contributed by atoms with Crippen molar-refractivity contribution in [3.8, 4) is 0 Å². The van der Waals surface area contributed by atoms with Gasteiger partial charge in [-0.15, -0.1) is 0 Å². The number of carbonyl (C=O) groups is 1. The third kappa shape index (κ3) is 4.08. The van der Waals surface area contributed by atoms with Crippen molar-refractivity contribution in [1.82, 2.24) is 0 Å². The minimum atomic E-state index is 0.0340. The number of aryl methyl sites for hydroxylation is 1. The summed E-state index contributed by atoms with van der Waals surface area (Å²) in [4.78, 5) is 14.5. The fourth-order valence-electron chi connectivity index (χ4n) is 2.37. The van der Waals surface area contributed by atoms with E-state index in [4.69, 9.17) is 0 Å². The van der Waals surface area contributed by atoms with E-state index in [-0.39, 0.29) is 5.78 Å². The van der Waals surface area contributed by atoms with E-state index < -0.39 is 0 Å². The van der Waals surface area contributed by atoms with Gasteiger partial charge in [-0.05, 0) is 56.7 Å². The Morgan fingerprint density at radius 1 is 0.955 bits per heavy atom. The molecule has 0 spiro atoms. The van der Waals surface area contributed by atoms with Crippen molar-refractivity contribution < 1.29 is 4.79 Å². The number of benzene rings is 2. The third-order valence-corrected chi connectivity index (χ3v) is 3.78. The Kier molecular flexibility index (Phi) is 5.54. The highest BCUT2D eigenvalue weighted by Crippen LogP contribution is 2.16. The molecule has 0 saturated carbocycles. The van der Waals surface area contributed by atoms with E-state index in [1.165, 1.54) is 5.56 Å². The van der Waals surface area contributed by atoms with Gasteiger partial charge in [0.05, 0.1) is 0 Å². The highest BCUT2D eigenvalue weighted by Gasteiger charge is 2.04. The summed E-state index contributed by atoms with van der Waals surface area (Å²) in [6.07, 6.45) is 3.50. The SMILES string of the molecule is CCN(CC)c1ccc(C(=O)C=Cc2ccc(C)cc2)cc1. The summed E-state index contributed by atoms with van der Waals surface area (Å²) < 4.78 is 0. The lowest BCUT2D eigenvalue weighted by Crippen LogP contribution is -2.21. The van der Waals surface area contributed by atoms with Crippen LogP contribution in [0.4, 0.5) is 5.69 Å². The van der Waals surface area contributed by atoms with Gasteiger partial charge in [-0.25, -0.2) is 0 Å². The Morgan fingerprint density at radius 3 is 2.09 bits per heavy atom. The Balaban J connectivity index is 2.08. The minimum absolute atomic E-state index is 0.0340. The second kappa shape index (κ2) is 7.60. The van der Waals surface area contributed by atoms with Crippen LogP contribution in [0.1, 0.15) is 35.3 Å². The lowest BCUT2D eigenvalue weighted by Gasteiger charge is -2.20. The summed E-state index contributed by atoms with van der Waals surface area (Å²) in [7, 11) is 0. The van der Waals surface area contributed by atoms with Crippen LogP contribution in [0.15, 0.2) is 54.6 Å². The first-order chi connectivity index (χ1) is 10.6. The van der Waals surface area contributed by atoms with Crippen LogP contribution in [0.5, 0.6) is 0 Å². The van der Waals surface area contributed by atoms with Gasteiger partial charge in [0.15, 0.2) is 5.78 Å². The summed E-state index contributed by atoms with van der Waals surface area (Å²) in [6, 6.07) is 15.9. The highest BCUT2D eigenvalue weighted by atomic mass is 16.1. The molecular weight excluding hydrogens is 270 g/mol. The van der Waals surface area contributed by atoms with Crippen LogP contribution in [-0.4, -0.2) is 18.9 Å². The number of carbonyl (C=O) groups excluding carboxylic acids is 1. The Morgan fingerprint density at radius 2 is 1.55 bits per heavy atom. The summed E-state index contributed by atoms with van der Waals surface area (Å²) >= 11 is 0. The van der Waals surface area contributed by atoms with Gasteiger partial charge in [-0.2, -0.15) is 0 Å². The van der Waals surface area contributed by atoms with E-state index in [9.17, 15) is 4.79 Å². The molecule has 0 heterocycles. The summed E-state index contributed by atoms with van der Waals surface area (Å²) in [5.41, 5.74) is 4.14. The highest BCUT2D eigenvalue weighted by molar-refractivity contribution is 6.06. The quantitative estimate of drug-likeness (QED) is 0.566. The molecule has 0 bridgehead atoms. The van der Waals surface area contributed by atoms with E-state index >= 15 is 0 Å². The van der Waals surface area contributed by atoms with E-state index in [1.54, 1.807) is 6.08 Å². The normalized spacial score (nSPS) is 10.9. The molecule has 0 fully saturated rings. The minimum Gasteiger partial charge on any atom is -0.372 e. The van der Waals surface area contributed by atoms with E-state index in [0.717, 1.165) is 29.9 Å². The molecule has 2 aromatic carbocycles. The topological polar surface area (TPSA) is 20.3 Å². The number of rotatable bonds is 6. The second-order valence-electron chi connectivity index (χ2n) is 5.33. The average Bonchev–Trinajstić information content (AvgIpc) is 2.56. The molecule has 2 aromatic rings. The van der Waals surface area contributed by atoms with Crippen molar-refractivity contribution in [2.45, 2.75) is 20.8 Å². The molecule has 0 saturated heterocycles. The molecule has 2 rings (SSSR count). The number of ketones is 1. The lowest BCUT2D eigenvalue weighted by atomic mass is 10.1. The molecule has 0 aliphatic heterocycles. The Bertz CT molecular complexity index is 634. The molecule has 0 unspecified atom stereocenters. The van der Waals surface area contributed by atoms with Gasteiger partial charge in [-0.1, -0.05) is 35.9 Å². The van der Waals surface area contributed by atoms with Crippen molar-refractivity contribution in [3.63, 3.8) is 0 Å². The molecule has 0 atom stereocenters. The molecule has 0 radical (unpaired) electrons. The van der Waals surface area contributed by atoms with E-state index in [2.05, 4.69) is 25.7 Å². The first kappa shape index (κ1) is 16.0. The van der Waals surface area contributed by atoms with Crippen molar-refractivity contribution in [3.05, 3.63) is 71.3 Å². The van der Waals surface area contributed by atoms with Crippen LogP contribution in [0, 0.1) is 6.92 Å². The molecule has 2 heteroatoms. The largest absolute Gasteiger partial charge is 0.372 e. The molecule has 0 N–H and O–H groups in total. The monoisotopic (exact) mass is 293 g/mol. The van der Waals surface area contributed by atoms with Gasteiger partial charge in [0.1, 0.15) is 0 Å². The zero-order valence-corrected chi connectivity index (χ0v) is 13.5. The van der Waals surface area contributed by atoms with Crippen molar-refractivity contribution >= 4 is 17.5 Å². The van der Waals surface area contributed by atoms with E-state index in [0.29, 0.717) is 0 Å². The fourth-order valence-corrected chi connectivity index (χ4v) is 2.37. The van der Waals surface area contributed by atoms with Crippen molar-refractivity contribution in [1.29, 1.82) is 0 Å². The standard InChI is InChI=1S/C20H23NO/c1-4-21(5-2)19-13-11-18(12-14-19)20(22)15-10-17-8-6-16(3)7-9-17/h6-15H,4-5H2,1-3H3. The number of hydrogen-bond acceptors (Lipinski definition) is 2. The van der Waals surface area contributed by atoms with Gasteiger partial charge >= 0.3 is 0 Å². The number of allylic oxidation sites excluding steroid dienone is 1. The first-order valence-electron chi connectivity index (χ1n) is 7.78. The summed E-state index contributed by atoms with van der Waals surface area (Å²) in [6.45, 7) is 8.25. The van der Waals surface area contributed by atoms with Crippen LogP contribution in [0.25, 0.3) is 6.08 Å². The molecule has 0 aliphatic rings. The maximum absolute atomic E-state index is 12.2. The van der Waals surface area contributed by atoms with Crippen LogP contribution in [0.2, 0.25) is 0 Å². The zero-order chi connectivity index (χ0) is 15.9. The average molecular weight is 293 g/mol. The van der Waals surface area contributed by atoms with Crippen LogP contribution >= 0.6 is 0 Å². The van der Waals surface area contributed by atoms with Crippen LogP contribution in [-0.2, 0) is 0 Å². The van der Waals surface area contributed by atoms with Gasteiger partial charge < -0.3 is 4.90 Å². The molecule has 22 heavy (non-hydrogen) atoms. The number of anilines is 1. The molecule has 0 amide bonds. The molecule has 114 valence electrons. The lowest BCUT2D eigenvalue weighted by molar-refractivity contribution is 0.104. The van der Waals surface area contributed by atoms with Crippen LogP contribution in [0.3, 0.4) is 0 Å². The van der Waals surface area contributed by atoms with E-state index in [1.807, 2.05) is 54.6 Å². The predicted molar refractivity (Wildman–Crippen MR) is 94.5 cm³/mol. The van der Waals surface area contributed by atoms with Crippen molar-refractivity contribution in [2.75, 3.05) is 18.0 Å². The first-order valence-corrected chi connectivity index (χ1v) is 7.78. The summed E-state index contributed by atoms with van der Waals surface area (Å²) in [5, 5.41) is 0. The second-order valence-corrected chi connectivity index (χ2v) is 5.33. The fraction of sp³-hybridized carbons (Fsp3) is 0.250. The maximum Gasteiger partial charge on any atom is 0.185 e. The third-order valence-electron chi connectivity index (χ3n) is 3.78. The Hall–Kier alpha value is -2.35. The number of nitrogens with zero attached hydrogens (tertiary/aromatic N) is 1. The van der Waals surface area contributed by atoms with Gasteiger partial charge in [-0.3, -0.25) is 4.79 Å². The van der Waals surface area contributed by atoms with Gasteiger partial charge in [0.25, 0.3) is 0 Å². The van der Waals surface area contributed by atoms with Gasteiger partial charge in [0, 0.05) is 24.3 Å². The number of hydrogen-bond donors (Lipinski definition) is 0. The molecule has 2 nitrogen and oxygen atoms in total. The Labute approximate surface area is 133 Å². The predicted octanol–water partition coefficient (Wildman–Crippen LogP) is 4.74.